The summed E-state index contributed by atoms with van der Waals surface area (Å²) in [6.07, 6.45) is -1.43. The Balaban J connectivity index is 1.57. The van der Waals surface area contributed by atoms with Crippen molar-refractivity contribution in [3.8, 4) is 17.1 Å². The van der Waals surface area contributed by atoms with Gasteiger partial charge in [-0.15, -0.1) is 0 Å². The van der Waals surface area contributed by atoms with E-state index in [9.17, 15) is 18.0 Å². The highest BCUT2D eigenvalue weighted by molar-refractivity contribution is 5.95. The maximum absolute atomic E-state index is 13.7. The number of halogens is 3. The van der Waals surface area contributed by atoms with E-state index in [1.54, 1.807) is 24.9 Å². The van der Waals surface area contributed by atoms with Crippen LogP contribution in [0, 0.1) is 6.92 Å². The van der Waals surface area contributed by atoms with Crippen LogP contribution in [0.4, 0.5) is 13.2 Å². The van der Waals surface area contributed by atoms with Crippen LogP contribution < -0.4 is 4.74 Å². The number of carbonyl (C=O) groups is 1. The molecule has 2 unspecified atom stereocenters. The molecular weight excluding hydrogens is 447 g/mol. The first-order valence-corrected chi connectivity index (χ1v) is 11.2. The van der Waals surface area contributed by atoms with Gasteiger partial charge in [0, 0.05) is 31.3 Å². The maximum Gasteiger partial charge on any atom is 0.435 e. The number of piperidine rings is 1. The van der Waals surface area contributed by atoms with E-state index in [0.29, 0.717) is 29.1 Å². The van der Waals surface area contributed by atoms with Crippen LogP contribution >= 0.6 is 0 Å². The van der Waals surface area contributed by atoms with Crippen LogP contribution in [-0.2, 0) is 26.7 Å². The van der Waals surface area contributed by atoms with Gasteiger partial charge in [-0.2, -0.15) is 23.4 Å². The molecule has 2 aromatic heterocycles. The van der Waals surface area contributed by atoms with Crippen LogP contribution in [0.2, 0.25) is 0 Å². The van der Waals surface area contributed by atoms with Gasteiger partial charge in [0.2, 0.25) is 0 Å². The van der Waals surface area contributed by atoms with Gasteiger partial charge in [-0.1, -0.05) is 0 Å². The summed E-state index contributed by atoms with van der Waals surface area (Å²) in [7, 11) is 4.81. The summed E-state index contributed by atoms with van der Waals surface area (Å²) in [4.78, 5) is 15.6. The highest BCUT2D eigenvalue weighted by Crippen LogP contribution is 2.45. The fraction of sp³-hybridized carbons (Fsp3) is 0.458. The molecule has 1 aromatic carbocycles. The molecule has 5 rings (SSSR count). The van der Waals surface area contributed by atoms with Gasteiger partial charge in [-0.05, 0) is 62.4 Å². The number of aromatic nitrogens is 4. The molecule has 0 saturated carbocycles. The minimum atomic E-state index is -4.52. The van der Waals surface area contributed by atoms with Crippen molar-refractivity contribution in [1.29, 1.82) is 0 Å². The van der Waals surface area contributed by atoms with Gasteiger partial charge in [0.05, 0.1) is 30.2 Å². The number of nitrogens with zero attached hydrogens (tertiary/aromatic N) is 5. The summed E-state index contributed by atoms with van der Waals surface area (Å²) >= 11 is 0. The van der Waals surface area contributed by atoms with Crippen molar-refractivity contribution in [2.45, 2.75) is 50.9 Å². The first kappa shape index (κ1) is 22.5. The molecule has 34 heavy (non-hydrogen) atoms. The van der Waals surface area contributed by atoms with Crippen molar-refractivity contribution in [3.05, 3.63) is 52.3 Å². The standard InChI is InChI=1S/C24H26F3N5O2/c1-13-8-14(10-16(9-13)34-4)23(33)32-15-6-5-7-18(32)21-17(11-15)22(31(3)29-21)19-12-20(24(25,26)27)28-30(19)2/h8-10,12,15,18H,5-7,11H2,1-4H3. The zero-order valence-electron chi connectivity index (χ0n) is 19.5. The van der Waals surface area contributed by atoms with Crippen molar-refractivity contribution in [1.82, 2.24) is 24.5 Å². The average Bonchev–Trinajstić information content (AvgIpc) is 3.31. The molecule has 1 fully saturated rings. The molecule has 1 amide bonds. The van der Waals surface area contributed by atoms with E-state index in [-0.39, 0.29) is 18.0 Å². The monoisotopic (exact) mass is 473 g/mol. The second-order valence-electron chi connectivity index (χ2n) is 9.13. The van der Waals surface area contributed by atoms with E-state index in [4.69, 9.17) is 9.84 Å². The Hall–Kier alpha value is -3.30. The first-order chi connectivity index (χ1) is 16.1. The summed E-state index contributed by atoms with van der Waals surface area (Å²) in [6, 6.07) is 6.27. The zero-order valence-corrected chi connectivity index (χ0v) is 19.5. The van der Waals surface area contributed by atoms with Crippen LogP contribution in [0.3, 0.4) is 0 Å². The van der Waals surface area contributed by atoms with Gasteiger partial charge in [0.1, 0.15) is 5.75 Å². The second kappa shape index (κ2) is 7.89. The van der Waals surface area contributed by atoms with Crippen molar-refractivity contribution in [2.24, 2.45) is 14.1 Å². The van der Waals surface area contributed by atoms with Gasteiger partial charge >= 0.3 is 6.18 Å². The zero-order chi connectivity index (χ0) is 24.4. The third-order valence-corrected chi connectivity index (χ3v) is 6.86. The molecule has 3 aromatic rings. The number of aryl methyl sites for hydroxylation is 3. The number of alkyl halides is 3. The minimum Gasteiger partial charge on any atom is -0.497 e. The van der Waals surface area contributed by atoms with E-state index in [1.165, 1.54) is 11.7 Å². The molecule has 1 saturated heterocycles. The fourth-order valence-electron chi connectivity index (χ4n) is 5.44. The number of rotatable bonds is 3. The number of amides is 1. The molecular formula is C24H26F3N5O2. The Morgan fingerprint density at radius 2 is 1.85 bits per heavy atom. The predicted molar refractivity (Wildman–Crippen MR) is 118 cm³/mol. The molecule has 0 spiro atoms. The van der Waals surface area contributed by atoms with Gasteiger partial charge in [0.15, 0.2) is 5.69 Å². The van der Waals surface area contributed by atoms with Crippen molar-refractivity contribution < 1.29 is 22.7 Å². The Kier molecular flexibility index (Phi) is 5.22. The number of fused-ring (bicyclic) bond motifs is 4. The van der Waals surface area contributed by atoms with E-state index in [2.05, 4.69) is 5.10 Å². The van der Waals surface area contributed by atoms with Gasteiger partial charge < -0.3 is 9.64 Å². The maximum atomic E-state index is 13.7. The molecule has 2 aliphatic rings. The number of ether oxygens (including phenoxy) is 1. The first-order valence-electron chi connectivity index (χ1n) is 11.2. The predicted octanol–water partition coefficient (Wildman–Crippen LogP) is 4.45. The number of hydrogen-bond acceptors (Lipinski definition) is 4. The lowest BCUT2D eigenvalue weighted by Crippen LogP contribution is -2.49. The van der Waals surface area contributed by atoms with E-state index >= 15 is 0 Å². The average molecular weight is 473 g/mol. The van der Waals surface area contributed by atoms with Crippen molar-refractivity contribution in [3.63, 3.8) is 0 Å². The highest BCUT2D eigenvalue weighted by Gasteiger charge is 2.44. The molecule has 180 valence electrons. The van der Waals surface area contributed by atoms with Crippen molar-refractivity contribution >= 4 is 5.91 Å². The molecule has 2 bridgehead atoms. The lowest BCUT2D eigenvalue weighted by Gasteiger charge is -2.45. The Labute approximate surface area is 195 Å². The summed E-state index contributed by atoms with van der Waals surface area (Å²) in [5, 5.41) is 8.40. The van der Waals surface area contributed by atoms with Gasteiger partial charge in [-0.25, -0.2) is 0 Å². The third-order valence-electron chi connectivity index (χ3n) is 6.86. The number of hydrogen-bond donors (Lipinski definition) is 0. The molecule has 2 aliphatic heterocycles. The van der Waals surface area contributed by atoms with Crippen LogP contribution in [0.25, 0.3) is 11.4 Å². The molecule has 0 radical (unpaired) electrons. The molecule has 2 atom stereocenters. The second-order valence-corrected chi connectivity index (χ2v) is 9.13. The molecule has 7 nitrogen and oxygen atoms in total. The summed E-state index contributed by atoms with van der Waals surface area (Å²) in [6.45, 7) is 1.92. The van der Waals surface area contributed by atoms with E-state index < -0.39 is 11.9 Å². The molecule has 0 aliphatic carbocycles. The van der Waals surface area contributed by atoms with Crippen LogP contribution in [0.15, 0.2) is 24.3 Å². The van der Waals surface area contributed by atoms with E-state index in [0.717, 1.165) is 42.1 Å². The number of methoxy groups -OCH3 is 1. The third kappa shape index (κ3) is 3.56. The summed E-state index contributed by atoms with van der Waals surface area (Å²) in [5.41, 5.74) is 3.22. The number of carbonyl (C=O) groups excluding carboxylic acids is 1. The Bertz CT molecular complexity index is 1280. The van der Waals surface area contributed by atoms with E-state index in [1.807, 2.05) is 24.0 Å². The fourth-order valence-corrected chi connectivity index (χ4v) is 5.44. The highest BCUT2D eigenvalue weighted by atomic mass is 19.4. The molecule has 4 heterocycles. The largest absolute Gasteiger partial charge is 0.497 e. The smallest absolute Gasteiger partial charge is 0.435 e. The van der Waals surface area contributed by atoms with Crippen molar-refractivity contribution in [2.75, 3.05) is 7.11 Å². The Morgan fingerprint density at radius 1 is 1.09 bits per heavy atom. The summed E-state index contributed by atoms with van der Waals surface area (Å²) < 4.78 is 48.1. The SMILES string of the molecule is COc1cc(C)cc(C(=O)N2C3CCCC2c2nn(C)c(-c4cc(C(F)(F)F)nn4C)c2C3)c1. The van der Waals surface area contributed by atoms with Gasteiger partial charge in [-0.3, -0.25) is 14.2 Å². The lowest BCUT2D eigenvalue weighted by molar-refractivity contribution is -0.141. The molecule has 0 N–H and O–H groups in total. The molecule has 10 heteroatoms. The van der Waals surface area contributed by atoms with Crippen LogP contribution in [-0.4, -0.2) is 43.5 Å². The summed E-state index contributed by atoms with van der Waals surface area (Å²) in [5.74, 6) is 0.553. The van der Waals surface area contributed by atoms with Crippen LogP contribution in [0.5, 0.6) is 5.75 Å². The minimum absolute atomic E-state index is 0.0523. The topological polar surface area (TPSA) is 65.2 Å². The van der Waals surface area contributed by atoms with Crippen LogP contribution in [0.1, 0.15) is 58.2 Å². The quantitative estimate of drug-likeness (QED) is 0.564. The van der Waals surface area contributed by atoms with Gasteiger partial charge in [0.25, 0.3) is 5.91 Å². The lowest BCUT2D eigenvalue weighted by atomic mass is 9.81. The Morgan fingerprint density at radius 3 is 2.53 bits per heavy atom. The normalized spacial score (nSPS) is 19.8. The number of benzene rings is 1.